The number of carbonyl (C=O) groups excluding carboxylic acids is 2. The SMILES string of the molecule is CCN1CCC(CN2CC(=O)NC(=O)C2)C1. The molecule has 2 amide bonds. The molecule has 0 spiro atoms. The summed E-state index contributed by atoms with van der Waals surface area (Å²) in [6.45, 7) is 7.12. The summed E-state index contributed by atoms with van der Waals surface area (Å²) in [7, 11) is 0. The van der Waals surface area contributed by atoms with Crippen LogP contribution in [0.5, 0.6) is 0 Å². The number of carbonyl (C=O) groups is 2. The lowest BCUT2D eigenvalue weighted by molar-refractivity contribution is -0.136. The van der Waals surface area contributed by atoms with Gasteiger partial charge in [-0.1, -0.05) is 6.92 Å². The Bertz CT molecular complexity index is 277. The van der Waals surface area contributed by atoms with E-state index in [4.69, 9.17) is 0 Å². The average molecular weight is 225 g/mol. The topological polar surface area (TPSA) is 52.6 Å². The summed E-state index contributed by atoms with van der Waals surface area (Å²) in [5.74, 6) is 0.279. The highest BCUT2D eigenvalue weighted by Crippen LogP contribution is 2.17. The van der Waals surface area contributed by atoms with Gasteiger partial charge in [-0.3, -0.25) is 19.8 Å². The van der Waals surface area contributed by atoms with Crippen LogP contribution in [-0.4, -0.2) is 60.9 Å². The maximum atomic E-state index is 11.2. The van der Waals surface area contributed by atoms with Crippen molar-refractivity contribution in [3.8, 4) is 0 Å². The molecule has 0 aliphatic carbocycles. The first-order valence-corrected chi connectivity index (χ1v) is 5.94. The molecule has 2 heterocycles. The average Bonchev–Trinajstić information content (AvgIpc) is 2.64. The predicted molar refractivity (Wildman–Crippen MR) is 59.8 cm³/mol. The molecule has 16 heavy (non-hydrogen) atoms. The maximum absolute atomic E-state index is 11.2. The van der Waals surface area contributed by atoms with Crippen molar-refractivity contribution < 1.29 is 9.59 Å². The molecule has 1 atom stereocenters. The van der Waals surface area contributed by atoms with E-state index >= 15 is 0 Å². The molecule has 2 fully saturated rings. The van der Waals surface area contributed by atoms with Gasteiger partial charge < -0.3 is 4.90 Å². The molecule has 0 saturated carbocycles. The maximum Gasteiger partial charge on any atom is 0.240 e. The van der Waals surface area contributed by atoms with Crippen LogP contribution in [0.4, 0.5) is 0 Å². The van der Waals surface area contributed by atoms with Gasteiger partial charge in [-0.15, -0.1) is 0 Å². The Labute approximate surface area is 95.8 Å². The van der Waals surface area contributed by atoms with Gasteiger partial charge in [0.05, 0.1) is 13.1 Å². The van der Waals surface area contributed by atoms with E-state index in [1.807, 2.05) is 4.90 Å². The molecule has 0 bridgehead atoms. The number of rotatable bonds is 3. The summed E-state index contributed by atoms with van der Waals surface area (Å²) in [6, 6.07) is 0. The van der Waals surface area contributed by atoms with E-state index in [0.29, 0.717) is 19.0 Å². The van der Waals surface area contributed by atoms with Gasteiger partial charge in [0.2, 0.25) is 11.8 Å². The third-order valence-corrected chi connectivity index (χ3v) is 3.35. The highest BCUT2D eigenvalue weighted by Gasteiger charge is 2.27. The number of likely N-dealkylation sites (tertiary alicyclic amines) is 1. The van der Waals surface area contributed by atoms with Crippen LogP contribution < -0.4 is 5.32 Å². The number of nitrogens with zero attached hydrogens (tertiary/aromatic N) is 2. The Hall–Kier alpha value is -0.940. The van der Waals surface area contributed by atoms with Crippen LogP contribution in [0, 0.1) is 5.92 Å². The highest BCUT2D eigenvalue weighted by molar-refractivity contribution is 5.99. The zero-order valence-corrected chi connectivity index (χ0v) is 9.74. The Balaban J connectivity index is 1.81. The second-order valence-corrected chi connectivity index (χ2v) is 4.69. The Morgan fingerprint density at radius 2 is 1.94 bits per heavy atom. The van der Waals surface area contributed by atoms with Crippen LogP contribution in [0.25, 0.3) is 0 Å². The molecule has 0 radical (unpaired) electrons. The normalized spacial score (nSPS) is 28.4. The Kier molecular flexibility index (Phi) is 3.56. The number of piperazine rings is 1. The molecule has 2 aliphatic rings. The van der Waals surface area contributed by atoms with Crippen LogP contribution in [-0.2, 0) is 9.59 Å². The van der Waals surface area contributed by atoms with Gasteiger partial charge in [-0.2, -0.15) is 0 Å². The minimum absolute atomic E-state index is 0.165. The minimum Gasteiger partial charge on any atom is -0.303 e. The zero-order chi connectivity index (χ0) is 11.5. The molecule has 5 nitrogen and oxygen atoms in total. The van der Waals surface area contributed by atoms with E-state index in [0.717, 1.165) is 26.2 Å². The van der Waals surface area contributed by atoms with E-state index in [1.54, 1.807) is 0 Å². The molecule has 0 aromatic heterocycles. The predicted octanol–water partition coefficient (Wildman–Crippen LogP) is -0.713. The number of amides is 2. The van der Waals surface area contributed by atoms with Gasteiger partial charge in [0.15, 0.2) is 0 Å². The van der Waals surface area contributed by atoms with Crippen molar-refractivity contribution in [3.63, 3.8) is 0 Å². The van der Waals surface area contributed by atoms with Gasteiger partial charge in [0.25, 0.3) is 0 Å². The summed E-state index contributed by atoms with van der Waals surface area (Å²) < 4.78 is 0. The van der Waals surface area contributed by atoms with Crippen LogP contribution in [0.2, 0.25) is 0 Å². The summed E-state index contributed by atoms with van der Waals surface area (Å²) >= 11 is 0. The number of hydrogen-bond acceptors (Lipinski definition) is 4. The number of nitrogens with one attached hydrogen (secondary N) is 1. The van der Waals surface area contributed by atoms with E-state index in [1.165, 1.54) is 6.42 Å². The Morgan fingerprint density at radius 1 is 1.25 bits per heavy atom. The molecule has 0 aromatic rings. The largest absolute Gasteiger partial charge is 0.303 e. The molecule has 1 unspecified atom stereocenters. The Morgan fingerprint density at radius 3 is 2.50 bits per heavy atom. The third-order valence-electron chi connectivity index (χ3n) is 3.35. The molecule has 2 aliphatic heterocycles. The van der Waals surface area contributed by atoms with E-state index in [2.05, 4.69) is 17.1 Å². The summed E-state index contributed by atoms with van der Waals surface area (Å²) in [6.07, 6.45) is 1.18. The lowest BCUT2D eigenvalue weighted by Crippen LogP contribution is -2.52. The monoisotopic (exact) mass is 225 g/mol. The van der Waals surface area contributed by atoms with Crippen molar-refractivity contribution in [2.24, 2.45) is 5.92 Å². The fourth-order valence-electron chi connectivity index (χ4n) is 2.54. The quantitative estimate of drug-likeness (QED) is 0.645. The van der Waals surface area contributed by atoms with E-state index in [9.17, 15) is 9.59 Å². The van der Waals surface area contributed by atoms with E-state index in [-0.39, 0.29) is 11.8 Å². The van der Waals surface area contributed by atoms with Crippen molar-refractivity contribution in [1.82, 2.24) is 15.1 Å². The van der Waals surface area contributed by atoms with Crippen LogP contribution in [0.15, 0.2) is 0 Å². The first-order valence-electron chi connectivity index (χ1n) is 5.94. The van der Waals surface area contributed by atoms with Gasteiger partial charge in [0.1, 0.15) is 0 Å². The lowest BCUT2D eigenvalue weighted by atomic mass is 10.1. The van der Waals surface area contributed by atoms with Crippen molar-refractivity contribution in [2.45, 2.75) is 13.3 Å². The second kappa shape index (κ2) is 4.93. The van der Waals surface area contributed by atoms with Crippen molar-refractivity contribution in [1.29, 1.82) is 0 Å². The number of imide groups is 1. The molecule has 90 valence electrons. The molecular weight excluding hydrogens is 206 g/mol. The van der Waals surface area contributed by atoms with Crippen molar-refractivity contribution >= 4 is 11.8 Å². The minimum atomic E-state index is -0.165. The first-order chi connectivity index (χ1) is 7.67. The molecule has 2 saturated heterocycles. The molecule has 1 N–H and O–H groups in total. The highest BCUT2D eigenvalue weighted by atomic mass is 16.2. The summed E-state index contributed by atoms with van der Waals surface area (Å²) in [5, 5.41) is 2.32. The molecule has 5 heteroatoms. The molecular formula is C11H19N3O2. The van der Waals surface area contributed by atoms with E-state index < -0.39 is 0 Å². The van der Waals surface area contributed by atoms with Gasteiger partial charge >= 0.3 is 0 Å². The standard InChI is InChI=1S/C11H19N3O2/c1-2-13-4-3-9(5-13)6-14-7-10(15)12-11(16)8-14/h9H,2-8H2,1H3,(H,12,15,16). The van der Waals surface area contributed by atoms with Crippen LogP contribution in [0.3, 0.4) is 0 Å². The van der Waals surface area contributed by atoms with Crippen LogP contribution >= 0.6 is 0 Å². The summed E-state index contributed by atoms with van der Waals surface area (Å²) in [4.78, 5) is 26.8. The van der Waals surface area contributed by atoms with Gasteiger partial charge in [-0.05, 0) is 25.4 Å². The molecule has 2 rings (SSSR count). The van der Waals surface area contributed by atoms with Gasteiger partial charge in [-0.25, -0.2) is 0 Å². The summed E-state index contributed by atoms with van der Waals surface area (Å²) in [5.41, 5.74) is 0. The number of hydrogen-bond donors (Lipinski definition) is 1. The van der Waals surface area contributed by atoms with Gasteiger partial charge in [0, 0.05) is 13.1 Å². The third kappa shape index (κ3) is 2.80. The fraction of sp³-hybridized carbons (Fsp3) is 0.818. The molecule has 0 aromatic carbocycles. The second-order valence-electron chi connectivity index (χ2n) is 4.69. The van der Waals surface area contributed by atoms with Crippen molar-refractivity contribution in [2.75, 3.05) is 39.3 Å². The van der Waals surface area contributed by atoms with Crippen LogP contribution in [0.1, 0.15) is 13.3 Å². The fourth-order valence-corrected chi connectivity index (χ4v) is 2.54. The zero-order valence-electron chi connectivity index (χ0n) is 9.74. The van der Waals surface area contributed by atoms with Crippen molar-refractivity contribution in [3.05, 3.63) is 0 Å². The smallest absolute Gasteiger partial charge is 0.240 e. The first kappa shape index (κ1) is 11.5. The lowest BCUT2D eigenvalue weighted by Gasteiger charge is -2.27.